The zero-order valence-electron chi connectivity index (χ0n) is 29.7. The van der Waals surface area contributed by atoms with Gasteiger partial charge in [0, 0.05) is 22.9 Å². The van der Waals surface area contributed by atoms with Crippen LogP contribution in [-0.4, -0.2) is 85.0 Å². The lowest BCUT2D eigenvalue weighted by molar-refractivity contribution is -0.143. The molecule has 0 unspecified atom stereocenters. The van der Waals surface area contributed by atoms with Crippen molar-refractivity contribution in [1.82, 2.24) is 20.3 Å². The molecule has 1 aromatic carbocycles. The van der Waals surface area contributed by atoms with Gasteiger partial charge in [0.15, 0.2) is 0 Å². The Morgan fingerprint density at radius 1 is 1.14 bits per heavy atom. The van der Waals surface area contributed by atoms with Crippen molar-refractivity contribution in [3.8, 4) is 0 Å². The molecule has 1 aromatic rings. The molecule has 3 N–H and O–H groups in total. The topological polar surface area (TPSA) is 173 Å². The van der Waals surface area contributed by atoms with Gasteiger partial charge in [-0.1, -0.05) is 38.4 Å². The third kappa shape index (κ3) is 8.87. The molecule has 274 valence electrons. The number of aliphatic imine (C=N–C) groups is 1. The number of benzene rings is 1. The van der Waals surface area contributed by atoms with Crippen molar-refractivity contribution in [2.45, 2.75) is 109 Å². The molecule has 1 aliphatic heterocycles. The Balaban J connectivity index is 1.66. The van der Waals surface area contributed by atoms with Gasteiger partial charge >= 0.3 is 6.09 Å². The fourth-order valence-corrected chi connectivity index (χ4v) is 7.47. The van der Waals surface area contributed by atoms with Gasteiger partial charge in [-0.2, -0.15) is 0 Å². The average molecular weight is 734 g/mol. The second kappa shape index (κ2) is 14.4. The molecule has 13 nitrogen and oxygen atoms in total. The third-order valence-corrected chi connectivity index (χ3v) is 10.9. The van der Waals surface area contributed by atoms with Gasteiger partial charge in [0.25, 0.3) is 5.91 Å². The van der Waals surface area contributed by atoms with Gasteiger partial charge < -0.3 is 25.0 Å². The summed E-state index contributed by atoms with van der Waals surface area (Å²) in [7, 11) is -3.90. The van der Waals surface area contributed by atoms with Crippen molar-refractivity contribution in [2.24, 2.45) is 16.3 Å². The smallest absolute Gasteiger partial charge is 0.408 e. The highest BCUT2D eigenvalue weighted by Crippen LogP contribution is 2.45. The number of carbonyl (C=O) groups is 4. The van der Waals surface area contributed by atoms with Crippen molar-refractivity contribution >= 4 is 63.6 Å². The van der Waals surface area contributed by atoms with Crippen molar-refractivity contribution in [2.75, 3.05) is 6.54 Å². The maximum absolute atomic E-state index is 14.4. The van der Waals surface area contributed by atoms with Gasteiger partial charge in [-0.15, -0.1) is 6.58 Å². The van der Waals surface area contributed by atoms with Crippen LogP contribution >= 0.6 is 11.6 Å². The second-order valence-corrected chi connectivity index (χ2v) is 17.5. The Labute approximate surface area is 299 Å². The van der Waals surface area contributed by atoms with Crippen LogP contribution in [0.5, 0.6) is 0 Å². The molecule has 5 atom stereocenters. The van der Waals surface area contributed by atoms with E-state index in [2.05, 4.69) is 33.6 Å². The number of likely N-dealkylation sites (tertiary alicyclic amines) is 1. The van der Waals surface area contributed by atoms with Crippen LogP contribution in [0, 0.1) is 11.3 Å². The summed E-state index contributed by atoms with van der Waals surface area (Å²) in [6.45, 7) is 19.5. The summed E-state index contributed by atoms with van der Waals surface area (Å²) >= 11 is 6.17. The molecule has 1 heterocycles. The van der Waals surface area contributed by atoms with E-state index in [4.69, 9.17) is 21.1 Å². The molecule has 50 heavy (non-hydrogen) atoms. The number of ether oxygens (including phenoxy) is 2. The van der Waals surface area contributed by atoms with E-state index in [9.17, 15) is 27.6 Å². The first kappa shape index (κ1) is 38.9. The first-order valence-electron chi connectivity index (χ1n) is 16.6. The van der Waals surface area contributed by atoms with E-state index in [0.717, 1.165) is 0 Å². The van der Waals surface area contributed by atoms with Crippen molar-refractivity contribution in [1.29, 1.82) is 0 Å². The van der Waals surface area contributed by atoms with E-state index < -0.39 is 79.7 Å². The molecule has 2 saturated carbocycles. The Bertz CT molecular complexity index is 1690. The number of hydrogen-bond donors (Lipinski definition) is 3. The lowest BCUT2D eigenvalue weighted by Crippen LogP contribution is -2.60. The number of sulfonamides is 1. The number of alkyl carbamates (subject to hydrolysis) is 1. The number of carbonyl (C=O) groups excluding carboxylic acids is 4. The summed E-state index contributed by atoms with van der Waals surface area (Å²) in [4.78, 5) is 60.3. The number of allylic oxidation sites excluding steroid dienone is 1. The summed E-state index contributed by atoms with van der Waals surface area (Å²) in [5.74, 6) is -2.22. The third-order valence-electron chi connectivity index (χ3n) is 8.82. The number of hydrogen-bond acceptors (Lipinski definition) is 9. The Kier molecular flexibility index (Phi) is 11.2. The monoisotopic (exact) mass is 733 g/mol. The Morgan fingerprint density at radius 2 is 1.80 bits per heavy atom. The summed E-state index contributed by atoms with van der Waals surface area (Å²) in [6.07, 6.45) is 2.74. The highest BCUT2D eigenvalue weighted by atomic mass is 35.5. The normalized spacial score (nSPS) is 24.4. The molecule has 15 heteroatoms. The lowest BCUT2D eigenvalue weighted by atomic mass is 9.85. The predicted octanol–water partition coefficient (Wildman–Crippen LogP) is 4.63. The first-order valence-corrected chi connectivity index (χ1v) is 18.5. The van der Waals surface area contributed by atoms with Gasteiger partial charge in [-0.25, -0.2) is 13.2 Å². The maximum Gasteiger partial charge on any atom is 0.408 e. The molecule has 0 radical (unpaired) electrons. The standard InChI is InChI=1S/C35H48ClN5O8S/c1-10-20-18-35(20,31(44)40-50(46,47)23-13-14-23)39-29(42)26-17-22(48-27(11-2)24-15-12-21(36)16-25(24)37-9)19-41(26)30(43)28(33(3,4)5)38-32(45)49-34(6,7)8/h10-12,15-16,20,22-23,26,28H,1,9,13-14,17-19H2,2-8H3,(H,38,45)(H,39,42)(H,40,44)/b27-11+/t20-,22-,26+,28-,35-/m1/s1. The van der Waals surface area contributed by atoms with E-state index in [1.807, 2.05) is 0 Å². The van der Waals surface area contributed by atoms with Crippen LogP contribution in [0.4, 0.5) is 10.5 Å². The minimum atomic E-state index is -3.90. The fraction of sp³-hybridized carbons (Fsp3) is 0.571. The number of nitrogens with one attached hydrogen (secondary N) is 3. The highest BCUT2D eigenvalue weighted by Gasteiger charge is 2.62. The summed E-state index contributed by atoms with van der Waals surface area (Å²) in [5.41, 5.74) is -2.15. The molecule has 3 aliphatic rings. The number of rotatable bonds is 12. The van der Waals surface area contributed by atoms with E-state index in [1.54, 1.807) is 72.7 Å². The van der Waals surface area contributed by atoms with Crippen molar-refractivity contribution in [3.05, 3.63) is 47.5 Å². The van der Waals surface area contributed by atoms with E-state index in [-0.39, 0.29) is 19.4 Å². The van der Waals surface area contributed by atoms with Gasteiger partial charge in [0.1, 0.15) is 35.1 Å². The molecule has 0 bridgehead atoms. The SMILES string of the molecule is C=C[C@@H]1C[C@]1(NC(=O)[C@@H]1C[C@@H](O/C(=C/C)c2ccc(Cl)cc2N=C)CN1C(=O)[C@@H](NC(=O)OC(C)(C)C)C(C)(C)C)C(=O)NS(=O)(=O)C1CC1. The molecule has 4 amide bonds. The minimum Gasteiger partial charge on any atom is -0.488 e. The molecule has 2 aliphatic carbocycles. The van der Waals surface area contributed by atoms with Crippen LogP contribution in [0.1, 0.15) is 79.7 Å². The molecular formula is C35H48ClN5O8S. The minimum absolute atomic E-state index is 0.0134. The van der Waals surface area contributed by atoms with E-state index in [0.29, 0.717) is 34.9 Å². The zero-order chi connectivity index (χ0) is 37.4. The fourth-order valence-electron chi connectivity index (χ4n) is 5.94. The number of halogens is 1. The molecule has 1 saturated heterocycles. The molecule has 4 rings (SSSR count). The lowest BCUT2D eigenvalue weighted by Gasteiger charge is -2.36. The van der Waals surface area contributed by atoms with Crippen LogP contribution in [-0.2, 0) is 33.9 Å². The second-order valence-electron chi connectivity index (χ2n) is 15.1. The summed E-state index contributed by atoms with van der Waals surface area (Å²) in [5, 5.41) is 5.26. The number of amides is 4. The first-order chi connectivity index (χ1) is 23.2. The molecule has 0 aromatic heterocycles. The Morgan fingerprint density at radius 3 is 2.32 bits per heavy atom. The maximum atomic E-state index is 14.4. The summed E-state index contributed by atoms with van der Waals surface area (Å²) < 4.78 is 39.3. The molecular weight excluding hydrogens is 686 g/mol. The van der Waals surface area contributed by atoms with Gasteiger partial charge in [0.05, 0.1) is 17.5 Å². The average Bonchev–Trinajstić information content (AvgIpc) is 3.93. The zero-order valence-corrected chi connectivity index (χ0v) is 31.2. The van der Waals surface area contributed by atoms with Crippen LogP contribution in [0.15, 0.2) is 41.9 Å². The van der Waals surface area contributed by atoms with Crippen LogP contribution in [0.25, 0.3) is 5.76 Å². The van der Waals surface area contributed by atoms with Gasteiger partial charge in [-0.05, 0) is 83.4 Å². The van der Waals surface area contributed by atoms with Crippen molar-refractivity contribution < 1.29 is 37.1 Å². The van der Waals surface area contributed by atoms with Gasteiger partial charge in [0.2, 0.25) is 21.8 Å². The predicted molar refractivity (Wildman–Crippen MR) is 191 cm³/mol. The van der Waals surface area contributed by atoms with Crippen molar-refractivity contribution in [3.63, 3.8) is 0 Å². The highest BCUT2D eigenvalue weighted by molar-refractivity contribution is 7.91. The Hall–Kier alpha value is -3.91. The van der Waals surface area contributed by atoms with E-state index in [1.165, 1.54) is 11.0 Å². The molecule has 0 spiro atoms. The largest absolute Gasteiger partial charge is 0.488 e. The van der Waals surface area contributed by atoms with Crippen LogP contribution < -0.4 is 15.4 Å². The van der Waals surface area contributed by atoms with Gasteiger partial charge in [-0.3, -0.25) is 24.1 Å². The van der Waals surface area contributed by atoms with Crippen LogP contribution in [0.3, 0.4) is 0 Å². The summed E-state index contributed by atoms with van der Waals surface area (Å²) in [6, 6.07) is 2.75. The van der Waals surface area contributed by atoms with Crippen LogP contribution in [0.2, 0.25) is 5.02 Å². The number of nitrogens with zero attached hydrogens (tertiary/aromatic N) is 2. The molecule has 3 fully saturated rings. The van der Waals surface area contributed by atoms with E-state index >= 15 is 0 Å². The quantitative estimate of drug-likeness (QED) is 0.159.